The zero-order valence-corrected chi connectivity index (χ0v) is 9.52. The Morgan fingerprint density at radius 3 is 2.88 bits per heavy atom. The first-order valence-corrected chi connectivity index (χ1v) is 5.45. The Morgan fingerprint density at radius 2 is 2.29 bits per heavy atom. The summed E-state index contributed by atoms with van der Waals surface area (Å²) in [5.41, 5.74) is 0. The molecule has 0 unspecified atom stereocenters. The van der Waals surface area contributed by atoms with Crippen molar-refractivity contribution in [2.45, 2.75) is 25.3 Å². The number of nitrogens with zero attached hydrogens (tertiary/aromatic N) is 1. The van der Waals surface area contributed by atoms with E-state index in [1.54, 1.807) is 6.08 Å². The Hall–Kier alpha value is -1.85. The van der Waals surface area contributed by atoms with Crippen molar-refractivity contribution in [3.8, 4) is 0 Å². The van der Waals surface area contributed by atoms with Crippen LogP contribution in [0, 0.1) is 0 Å². The Kier molecular flexibility index (Phi) is 4.68. The normalized spacial score (nSPS) is 19.2. The molecule has 0 aromatic rings. The topological polar surface area (TPSA) is 86.7 Å². The van der Waals surface area contributed by atoms with Gasteiger partial charge >= 0.3 is 5.97 Å². The second kappa shape index (κ2) is 6.03. The molecule has 17 heavy (non-hydrogen) atoms. The van der Waals surface area contributed by atoms with Crippen molar-refractivity contribution in [3.63, 3.8) is 0 Å². The molecule has 0 bridgehead atoms. The van der Waals surface area contributed by atoms with Crippen molar-refractivity contribution >= 4 is 17.8 Å². The monoisotopic (exact) mass is 240 g/mol. The van der Waals surface area contributed by atoms with Gasteiger partial charge in [-0.05, 0) is 12.8 Å². The van der Waals surface area contributed by atoms with Crippen LogP contribution in [0.2, 0.25) is 0 Å². The first-order valence-electron chi connectivity index (χ1n) is 5.45. The SMILES string of the molecule is C=CCCC(=O)N[C@H]1CCN(CC(=O)O)C1=O. The third kappa shape index (κ3) is 3.90. The quantitative estimate of drug-likeness (QED) is 0.627. The van der Waals surface area contributed by atoms with Gasteiger partial charge in [0.1, 0.15) is 12.6 Å². The van der Waals surface area contributed by atoms with Gasteiger partial charge in [0.15, 0.2) is 0 Å². The molecule has 0 radical (unpaired) electrons. The van der Waals surface area contributed by atoms with E-state index in [2.05, 4.69) is 11.9 Å². The van der Waals surface area contributed by atoms with Crippen LogP contribution in [0.25, 0.3) is 0 Å². The molecule has 6 nitrogen and oxygen atoms in total. The number of carbonyl (C=O) groups is 3. The summed E-state index contributed by atoms with van der Waals surface area (Å²) in [5, 5.41) is 11.2. The Bertz CT molecular complexity index is 340. The molecule has 0 saturated carbocycles. The number of likely N-dealkylation sites (tertiary alicyclic amines) is 1. The highest BCUT2D eigenvalue weighted by Gasteiger charge is 2.33. The highest BCUT2D eigenvalue weighted by atomic mass is 16.4. The fourth-order valence-electron chi connectivity index (χ4n) is 1.69. The van der Waals surface area contributed by atoms with E-state index in [1.165, 1.54) is 4.90 Å². The largest absolute Gasteiger partial charge is 0.480 e. The molecule has 1 aliphatic heterocycles. The predicted octanol–water partition coefficient (Wildman–Crippen LogP) is -0.246. The molecule has 0 spiro atoms. The second-order valence-electron chi connectivity index (χ2n) is 3.89. The van der Waals surface area contributed by atoms with Crippen molar-refractivity contribution in [2.24, 2.45) is 0 Å². The summed E-state index contributed by atoms with van der Waals surface area (Å²) < 4.78 is 0. The maximum atomic E-state index is 11.7. The number of allylic oxidation sites excluding steroid dienone is 1. The summed E-state index contributed by atoms with van der Waals surface area (Å²) in [7, 11) is 0. The smallest absolute Gasteiger partial charge is 0.323 e. The number of rotatable bonds is 6. The third-order valence-electron chi connectivity index (χ3n) is 2.53. The van der Waals surface area contributed by atoms with Crippen LogP contribution in [-0.4, -0.2) is 46.9 Å². The lowest BCUT2D eigenvalue weighted by atomic mass is 10.2. The van der Waals surface area contributed by atoms with Crippen molar-refractivity contribution in [2.75, 3.05) is 13.1 Å². The minimum absolute atomic E-state index is 0.208. The fourth-order valence-corrected chi connectivity index (χ4v) is 1.69. The molecule has 1 fully saturated rings. The van der Waals surface area contributed by atoms with E-state index in [1.807, 2.05) is 0 Å². The van der Waals surface area contributed by atoms with Gasteiger partial charge in [-0.15, -0.1) is 6.58 Å². The molecule has 1 heterocycles. The molecule has 1 atom stereocenters. The lowest BCUT2D eigenvalue weighted by Gasteiger charge is -2.14. The van der Waals surface area contributed by atoms with E-state index in [4.69, 9.17) is 5.11 Å². The number of carboxylic acids is 1. The maximum Gasteiger partial charge on any atom is 0.323 e. The van der Waals surface area contributed by atoms with Gasteiger partial charge < -0.3 is 15.3 Å². The highest BCUT2D eigenvalue weighted by molar-refractivity contribution is 5.91. The van der Waals surface area contributed by atoms with E-state index in [-0.39, 0.29) is 18.4 Å². The van der Waals surface area contributed by atoms with Crippen LogP contribution in [0.3, 0.4) is 0 Å². The number of amides is 2. The molecular weight excluding hydrogens is 224 g/mol. The Morgan fingerprint density at radius 1 is 1.59 bits per heavy atom. The number of nitrogens with one attached hydrogen (secondary N) is 1. The molecule has 2 N–H and O–H groups in total. The molecule has 1 aliphatic rings. The lowest BCUT2D eigenvalue weighted by molar-refractivity contribution is -0.143. The van der Waals surface area contributed by atoms with E-state index < -0.39 is 12.0 Å². The van der Waals surface area contributed by atoms with Crippen molar-refractivity contribution in [3.05, 3.63) is 12.7 Å². The number of aliphatic carboxylic acids is 1. The fraction of sp³-hybridized carbons (Fsp3) is 0.545. The van der Waals surface area contributed by atoms with Gasteiger partial charge in [-0.2, -0.15) is 0 Å². The lowest BCUT2D eigenvalue weighted by Crippen LogP contribution is -2.42. The highest BCUT2D eigenvalue weighted by Crippen LogP contribution is 2.11. The first-order chi connectivity index (χ1) is 8.04. The summed E-state index contributed by atoms with van der Waals surface area (Å²) in [6.45, 7) is 3.57. The van der Waals surface area contributed by atoms with E-state index >= 15 is 0 Å². The number of hydrogen-bond donors (Lipinski definition) is 2. The van der Waals surface area contributed by atoms with E-state index in [0.717, 1.165) is 0 Å². The molecule has 6 heteroatoms. The first kappa shape index (κ1) is 13.2. The summed E-state index contributed by atoms with van der Waals surface area (Å²) >= 11 is 0. The minimum Gasteiger partial charge on any atom is -0.480 e. The van der Waals surface area contributed by atoms with Crippen molar-refractivity contribution in [1.29, 1.82) is 0 Å². The van der Waals surface area contributed by atoms with Gasteiger partial charge in [0, 0.05) is 13.0 Å². The summed E-state index contributed by atoms with van der Waals surface area (Å²) in [6, 6.07) is -0.577. The van der Waals surface area contributed by atoms with Crippen LogP contribution >= 0.6 is 0 Å². The average molecular weight is 240 g/mol. The molecule has 94 valence electrons. The summed E-state index contributed by atoms with van der Waals surface area (Å²) in [6.07, 6.45) is 2.95. The van der Waals surface area contributed by atoms with E-state index in [9.17, 15) is 14.4 Å². The van der Waals surface area contributed by atoms with Gasteiger partial charge in [0.05, 0.1) is 0 Å². The van der Waals surface area contributed by atoms with E-state index in [0.29, 0.717) is 25.8 Å². The average Bonchev–Trinajstić information content (AvgIpc) is 2.58. The van der Waals surface area contributed by atoms with Gasteiger partial charge in [0.2, 0.25) is 11.8 Å². The standard InChI is InChI=1S/C11H16N2O4/c1-2-3-4-9(14)12-8-5-6-13(11(8)17)7-10(15)16/h2,8H,1,3-7H2,(H,12,14)(H,15,16)/t8-/m0/s1. The molecule has 2 amide bonds. The van der Waals surface area contributed by atoms with Crippen LogP contribution in [0.4, 0.5) is 0 Å². The summed E-state index contributed by atoms with van der Waals surface area (Å²) in [5.74, 6) is -1.57. The van der Waals surface area contributed by atoms with Crippen LogP contribution < -0.4 is 5.32 Å². The van der Waals surface area contributed by atoms with Crippen molar-refractivity contribution in [1.82, 2.24) is 10.2 Å². The predicted molar refractivity (Wildman–Crippen MR) is 60.2 cm³/mol. The molecule has 1 rings (SSSR count). The third-order valence-corrected chi connectivity index (χ3v) is 2.53. The van der Waals surface area contributed by atoms with Gasteiger partial charge in [-0.1, -0.05) is 6.08 Å². The molecule has 0 aliphatic carbocycles. The van der Waals surface area contributed by atoms with Gasteiger partial charge in [-0.25, -0.2) is 0 Å². The molecule has 0 aromatic carbocycles. The number of hydrogen-bond acceptors (Lipinski definition) is 3. The summed E-state index contributed by atoms with van der Waals surface area (Å²) in [4.78, 5) is 34.8. The van der Waals surface area contributed by atoms with Crippen LogP contribution in [-0.2, 0) is 14.4 Å². The molecule has 1 saturated heterocycles. The second-order valence-corrected chi connectivity index (χ2v) is 3.89. The maximum absolute atomic E-state index is 11.7. The zero-order valence-electron chi connectivity index (χ0n) is 9.52. The van der Waals surface area contributed by atoms with Crippen LogP contribution in [0.15, 0.2) is 12.7 Å². The zero-order chi connectivity index (χ0) is 12.8. The van der Waals surface area contributed by atoms with Crippen molar-refractivity contribution < 1.29 is 19.5 Å². The Balaban J connectivity index is 2.41. The molecular formula is C11H16N2O4. The van der Waals surface area contributed by atoms with Gasteiger partial charge in [0.25, 0.3) is 0 Å². The number of carboxylic acid groups (broad SMARTS) is 1. The van der Waals surface area contributed by atoms with Crippen LogP contribution in [0.5, 0.6) is 0 Å². The van der Waals surface area contributed by atoms with Gasteiger partial charge in [-0.3, -0.25) is 14.4 Å². The number of carbonyl (C=O) groups excluding carboxylic acids is 2. The van der Waals surface area contributed by atoms with Crippen LogP contribution in [0.1, 0.15) is 19.3 Å². The minimum atomic E-state index is -1.04. The Labute approximate surface area is 99.3 Å². The molecule has 0 aromatic heterocycles.